The SMILES string of the molecule is C/C(=C\CN(C)C(=O)C(NC(=O)C1CCCCN1C(C)C)C(C)(C)C)C(=O)NS(=O)c1ccc(NC(=O)C(F)(F)F)cc1. The Morgan fingerprint density at radius 2 is 1.70 bits per heavy atom. The Labute approximate surface area is 253 Å². The molecule has 0 radical (unpaired) electrons. The number of anilines is 1. The lowest BCUT2D eigenvalue weighted by molar-refractivity contribution is -0.167. The molecule has 0 aromatic heterocycles. The van der Waals surface area contributed by atoms with Crippen molar-refractivity contribution in [2.45, 2.75) is 90.0 Å². The smallest absolute Gasteiger partial charge is 0.342 e. The summed E-state index contributed by atoms with van der Waals surface area (Å²) in [5, 5.41) is 4.65. The maximum absolute atomic E-state index is 13.4. The summed E-state index contributed by atoms with van der Waals surface area (Å²) in [6.07, 6.45) is -0.871. The Kier molecular flexibility index (Phi) is 12.5. The van der Waals surface area contributed by atoms with Crippen LogP contribution in [0.3, 0.4) is 0 Å². The van der Waals surface area contributed by atoms with Gasteiger partial charge in [0.15, 0.2) is 11.0 Å². The Morgan fingerprint density at radius 1 is 1.09 bits per heavy atom. The highest BCUT2D eigenvalue weighted by molar-refractivity contribution is 7.83. The zero-order valence-corrected chi connectivity index (χ0v) is 26.4. The fourth-order valence-corrected chi connectivity index (χ4v) is 5.34. The summed E-state index contributed by atoms with van der Waals surface area (Å²) in [6.45, 7) is 12.0. The van der Waals surface area contributed by atoms with Crippen molar-refractivity contribution in [1.82, 2.24) is 19.8 Å². The number of alkyl halides is 3. The summed E-state index contributed by atoms with van der Waals surface area (Å²) in [4.78, 5) is 54.1. The molecule has 3 N–H and O–H groups in total. The molecule has 0 spiro atoms. The van der Waals surface area contributed by atoms with Crippen LogP contribution >= 0.6 is 0 Å². The van der Waals surface area contributed by atoms with Crippen LogP contribution in [0.15, 0.2) is 40.8 Å². The second-order valence-electron chi connectivity index (χ2n) is 11.9. The van der Waals surface area contributed by atoms with Gasteiger partial charge in [0, 0.05) is 30.9 Å². The molecule has 14 heteroatoms. The molecule has 2 rings (SSSR count). The van der Waals surface area contributed by atoms with Crippen LogP contribution in [0, 0.1) is 5.41 Å². The highest BCUT2D eigenvalue weighted by Gasteiger charge is 2.39. The number of hydrogen-bond donors (Lipinski definition) is 3. The standard InChI is InChI=1S/C29H42F3N5O5S/c1-18(2)37-16-9-8-10-22(37)25(39)34-23(28(4,5)6)26(40)36(7)17-15-19(3)24(38)35-43(42)21-13-11-20(12-14-21)33-27(41)29(30,31)32/h11-15,18,22-23H,8-10,16-17H2,1-7H3,(H,33,41)(H,34,39)(H,35,38)/b19-15+. The molecule has 3 atom stereocenters. The van der Waals surface area contributed by atoms with Gasteiger partial charge < -0.3 is 15.5 Å². The molecule has 3 unspecified atom stereocenters. The van der Waals surface area contributed by atoms with Crippen molar-refractivity contribution in [3.63, 3.8) is 0 Å². The summed E-state index contributed by atoms with van der Waals surface area (Å²) in [7, 11) is -0.475. The van der Waals surface area contributed by atoms with E-state index in [4.69, 9.17) is 0 Å². The van der Waals surface area contributed by atoms with E-state index in [-0.39, 0.29) is 46.6 Å². The summed E-state index contributed by atoms with van der Waals surface area (Å²) in [6, 6.07) is 3.77. The average Bonchev–Trinajstić information content (AvgIpc) is 2.92. The first-order valence-electron chi connectivity index (χ1n) is 14.0. The van der Waals surface area contributed by atoms with Gasteiger partial charge in [0.1, 0.15) is 6.04 Å². The molecule has 1 aromatic rings. The highest BCUT2D eigenvalue weighted by atomic mass is 32.2. The number of rotatable bonds is 10. The molecule has 43 heavy (non-hydrogen) atoms. The van der Waals surface area contributed by atoms with Crippen LogP contribution in [0.25, 0.3) is 0 Å². The quantitative estimate of drug-likeness (QED) is 0.340. The van der Waals surface area contributed by atoms with Gasteiger partial charge in [-0.05, 0) is 69.8 Å². The monoisotopic (exact) mass is 629 g/mol. The fraction of sp³-hybridized carbons (Fsp3) is 0.586. The average molecular weight is 630 g/mol. The predicted octanol–water partition coefficient (Wildman–Crippen LogP) is 3.52. The van der Waals surface area contributed by atoms with Gasteiger partial charge in [-0.3, -0.25) is 28.8 Å². The van der Waals surface area contributed by atoms with Crippen LogP contribution in [0.5, 0.6) is 0 Å². The molecular weight excluding hydrogens is 587 g/mol. The number of nitrogens with zero attached hydrogens (tertiary/aromatic N) is 2. The van der Waals surface area contributed by atoms with E-state index in [2.05, 4.69) is 14.9 Å². The Hall–Kier alpha value is -3.26. The van der Waals surface area contributed by atoms with E-state index in [0.717, 1.165) is 37.9 Å². The van der Waals surface area contributed by atoms with Gasteiger partial charge >= 0.3 is 12.1 Å². The first kappa shape index (κ1) is 35.9. The molecular formula is C29H42F3N5O5S. The number of carbonyl (C=O) groups is 4. The lowest BCUT2D eigenvalue weighted by atomic mass is 9.85. The van der Waals surface area contributed by atoms with Gasteiger partial charge in [-0.25, -0.2) is 4.21 Å². The van der Waals surface area contributed by atoms with E-state index >= 15 is 0 Å². The molecule has 1 aliphatic rings. The van der Waals surface area contributed by atoms with Crippen LogP contribution in [0.2, 0.25) is 0 Å². The number of likely N-dealkylation sites (tertiary alicyclic amines) is 1. The maximum atomic E-state index is 13.4. The third-order valence-corrected chi connectivity index (χ3v) is 8.16. The van der Waals surface area contributed by atoms with Crippen LogP contribution < -0.4 is 15.4 Å². The number of nitrogens with one attached hydrogen (secondary N) is 3. The number of carbonyl (C=O) groups excluding carboxylic acids is 4. The normalized spacial score (nSPS) is 18.0. The van der Waals surface area contributed by atoms with Gasteiger partial charge in [0.2, 0.25) is 11.8 Å². The van der Waals surface area contributed by atoms with Gasteiger partial charge in [-0.1, -0.05) is 33.3 Å². The number of benzene rings is 1. The largest absolute Gasteiger partial charge is 0.471 e. The summed E-state index contributed by atoms with van der Waals surface area (Å²) < 4.78 is 52.1. The lowest BCUT2D eigenvalue weighted by Crippen LogP contribution is -2.59. The number of amides is 4. The van der Waals surface area contributed by atoms with Gasteiger partial charge in [-0.15, -0.1) is 0 Å². The van der Waals surface area contributed by atoms with Crippen LogP contribution in [-0.2, 0) is 30.2 Å². The topological polar surface area (TPSA) is 128 Å². The number of piperidine rings is 1. The molecule has 1 saturated heterocycles. The van der Waals surface area contributed by atoms with Gasteiger partial charge in [0.05, 0.1) is 10.9 Å². The summed E-state index contributed by atoms with van der Waals surface area (Å²) in [5.74, 6) is -3.32. The third kappa shape index (κ3) is 10.4. The first-order valence-corrected chi connectivity index (χ1v) is 15.2. The van der Waals surface area contributed by atoms with Crippen molar-refractivity contribution in [1.29, 1.82) is 0 Å². The predicted molar refractivity (Wildman–Crippen MR) is 158 cm³/mol. The molecule has 1 fully saturated rings. The second-order valence-corrected chi connectivity index (χ2v) is 13.1. The molecule has 10 nitrogen and oxygen atoms in total. The Morgan fingerprint density at radius 3 is 2.23 bits per heavy atom. The molecule has 4 amide bonds. The van der Waals surface area contributed by atoms with Crippen molar-refractivity contribution < 1.29 is 36.6 Å². The van der Waals surface area contributed by atoms with E-state index in [1.54, 1.807) is 12.4 Å². The maximum Gasteiger partial charge on any atom is 0.471 e. The number of hydrogen-bond acceptors (Lipinski definition) is 6. The minimum absolute atomic E-state index is 0.0440. The molecule has 240 valence electrons. The number of likely N-dealkylation sites (N-methyl/N-ethyl adjacent to an activating group) is 1. The molecule has 0 aliphatic carbocycles. The van der Waals surface area contributed by atoms with E-state index in [0.29, 0.717) is 0 Å². The van der Waals surface area contributed by atoms with E-state index in [1.807, 2.05) is 34.6 Å². The second kappa shape index (κ2) is 15.0. The fourth-order valence-electron chi connectivity index (χ4n) is 4.50. The van der Waals surface area contributed by atoms with E-state index in [1.165, 1.54) is 30.0 Å². The number of halogens is 3. The van der Waals surface area contributed by atoms with Gasteiger partial charge in [0.25, 0.3) is 5.91 Å². The van der Waals surface area contributed by atoms with Crippen LogP contribution in [0.1, 0.15) is 60.8 Å². The zero-order valence-electron chi connectivity index (χ0n) is 25.6. The summed E-state index contributed by atoms with van der Waals surface area (Å²) in [5.41, 5.74) is -0.566. The minimum Gasteiger partial charge on any atom is -0.342 e. The molecule has 0 bridgehead atoms. The third-order valence-electron chi connectivity index (χ3n) is 7.08. The molecule has 1 aliphatic heterocycles. The van der Waals surface area contributed by atoms with E-state index in [9.17, 15) is 36.6 Å². The van der Waals surface area contributed by atoms with E-state index < -0.39 is 40.4 Å². The van der Waals surface area contributed by atoms with Crippen LogP contribution in [-0.4, -0.2) is 82.1 Å². The van der Waals surface area contributed by atoms with Crippen LogP contribution in [0.4, 0.5) is 18.9 Å². The Balaban J connectivity index is 2.01. The van der Waals surface area contributed by atoms with Gasteiger partial charge in [-0.2, -0.15) is 13.2 Å². The van der Waals surface area contributed by atoms with Crippen molar-refractivity contribution >= 4 is 40.3 Å². The molecule has 1 heterocycles. The molecule has 1 aromatic carbocycles. The van der Waals surface area contributed by atoms with Crippen molar-refractivity contribution in [2.24, 2.45) is 5.41 Å². The lowest BCUT2D eigenvalue weighted by Gasteiger charge is -2.40. The first-order chi connectivity index (χ1) is 19.8. The molecule has 0 saturated carbocycles. The minimum atomic E-state index is -5.05. The van der Waals surface area contributed by atoms with Crippen molar-refractivity contribution in [3.05, 3.63) is 35.9 Å². The van der Waals surface area contributed by atoms with Crippen molar-refractivity contribution in [2.75, 3.05) is 25.5 Å². The Bertz CT molecular complexity index is 1230. The zero-order chi connectivity index (χ0) is 32.7. The van der Waals surface area contributed by atoms with Crippen molar-refractivity contribution in [3.8, 4) is 0 Å². The highest BCUT2D eigenvalue weighted by Crippen LogP contribution is 2.24. The summed E-state index contributed by atoms with van der Waals surface area (Å²) >= 11 is 0.